The van der Waals surface area contributed by atoms with Gasteiger partial charge < -0.3 is 31.9 Å². The van der Waals surface area contributed by atoms with Crippen LogP contribution in [0.3, 0.4) is 0 Å². The summed E-state index contributed by atoms with van der Waals surface area (Å²) in [5.74, 6) is -3.77. The number of nitrogens with one attached hydrogen (secondary N) is 3. The average molecular weight is 603 g/mol. The quantitative estimate of drug-likeness (QED) is 0.196. The van der Waals surface area contributed by atoms with Gasteiger partial charge in [0.05, 0.1) is 5.92 Å². The van der Waals surface area contributed by atoms with Crippen LogP contribution in [0.15, 0.2) is 47.0 Å². The lowest BCUT2D eigenvalue weighted by Crippen LogP contribution is -2.55. The summed E-state index contributed by atoms with van der Waals surface area (Å²) in [5.41, 5.74) is 12.2. The molecule has 0 radical (unpaired) electrons. The molecule has 1 saturated heterocycles. The van der Waals surface area contributed by atoms with E-state index in [4.69, 9.17) is 16.0 Å². The van der Waals surface area contributed by atoms with E-state index in [-0.39, 0.29) is 41.7 Å². The minimum atomic E-state index is -1.08. The number of fused-ring (bicyclic) bond motifs is 1. The summed E-state index contributed by atoms with van der Waals surface area (Å²) in [6.45, 7) is 2.17. The minimum absolute atomic E-state index is 0.0720. The van der Waals surface area contributed by atoms with Gasteiger partial charge in [0.25, 0.3) is 5.91 Å². The molecular weight excluding hydrogens is 564 g/mol. The third-order valence-electron chi connectivity index (χ3n) is 8.59. The summed E-state index contributed by atoms with van der Waals surface area (Å²) in [6, 6.07) is 11.5. The van der Waals surface area contributed by atoms with Crippen molar-refractivity contribution in [2.45, 2.75) is 69.9 Å². The Morgan fingerprint density at radius 1 is 0.977 bits per heavy atom. The molecule has 2 heterocycles. The third-order valence-corrected chi connectivity index (χ3v) is 8.59. The van der Waals surface area contributed by atoms with E-state index in [1.54, 1.807) is 6.92 Å². The molecule has 1 saturated carbocycles. The van der Waals surface area contributed by atoms with Crippen molar-refractivity contribution >= 4 is 40.3 Å². The molecule has 3 aromatic rings. The summed E-state index contributed by atoms with van der Waals surface area (Å²) in [6.07, 6.45) is 3.79. The zero-order valence-corrected chi connectivity index (χ0v) is 24.6. The van der Waals surface area contributed by atoms with E-state index >= 15 is 0 Å². The maximum Gasteiger partial charge on any atom is 0.271 e. The van der Waals surface area contributed by atoms with Crippen molar-refractivity contribution in [3.8, 4) is 0 Å². The van der Waals surface area contributed by atoms with Crippen molar-refractivity contribution in [3.05, 3.63) is 65.0 Å². The van der Waals surface area contributed by atoms with Gasteiger partial charge in [-0.2, -0.15) is 0 Å². The van der Waals surface area contributed by atoms with Crippen molar-refractivity contribution in [1.29, 1.82) is 0 Å². The summed E-state index contributed by atoms with van der Waals surface area (Å²) in [5, 5.41) is 14.1. The van der Waals surface area contributed by atoms with Crippen molar-refractivity contribution in [1.82, 2.24) is 21.1 Å². The Kier molecular flexibility index (Phi) is 9.26. The maximum atomic E-state index is 14.1. The second-order valence-electron chi connectivity index (χ2n) is 11.8. The fourth-order valence-electron chi connectivity index (χ4n) is 6.04. The number of carbonyl (C=O) groups is 5. The van der Waals surface area contributed by atoms with Crippen LogP contribution in [0.4, 0.5) is 0 Å². The number of aromatic nitrogens is 1. The van der Waals surface area contributed by atoms with E-state index in [2.05, 4.69) is 21.1 Å². The number of hydrogen-bond donors (Lipinski definition) is 5. The van der Waals surface area contributed by atoms with Gasteiger partial charge in [-0.25, -0.2) is 0 Å². The monoisotopic (exact) mass is 602 g/mol. The summed E-state index contributed by atoms with van der Waals surface area (Å²) < 4.78 is 5.31. The van der Waals surface area contributed by atoms with E-state index < -0.39 is 47.5 Å². The highest BCUT2D eigenvalue weighted by Crippen LogP contribution is 2.35. The Balaban J connectivity index is 1.42. The zero-order valence-electron chi connectivity index (χ0n) is 24.6. The van der Waals surface area contributed by atoms with Gasteiger partial charge in [0, 0.05) is 18.0 Å². The topological polar surface area (TPSA) is 200 Å². The highest BCUT2D eigenvalue weighted by Gasteiger charge is 2.37. The Hall–Kier alpha value is -4.74. The van der Waals surface area contributed by atoms with Gasteiger partial charge in [0.15, 0.2) is 5.69 Å². The molecule has 0 unspecified atom stereocenters. The Morgan fingerprint density at radius 3 is 2.41 bits per heavy atom. The van der Waals surface area contributed by atoms with Crippen LogP contribution in [0.25, 0.3) is 10.8 Å². The molecule has 2 aliphatic rings. The number of hydrogen-bond acceptors (Lipinski definition) is 7. The number of rotatable bonds is 13. The van der Waals surface area contributed by atoms with Crippen molar-refractivity contribution in [2.24, 2.45) is 23.3 Å². The van der Waals surface area contributed by atoms with Crippen LogP contribution in [0.2, 0.25) is 0 Å². The molecule has 2 aromatic carbocycles. The van der Waals surface area contributed by atoms with Crippen LogP contribution < -0.4 is 27.4 Å². The number of primary amides is 2. The van der Waals surface area contributed by atoms with Gasteiger partial charge in [-0.05, 0) is 61.3 Å². The first-order valence-electron chi connectivity index (χ1n) is 15.0. The van der Waals surface area contributed by atoms with Crippen LogP contribution in [-0.2, 0) is 25.6 Å². The standard InChI is InChI=1S/C32H38N6O6/c1-17-26(27(29(34)40)38-44-17)23(15-20-8-4-7-19-6-2-3-10-22(19)20)31(42)37-25(14-18-11-12-18)32(43)36-24(28(33)39)16-21-9-5-13-35-30(21)41/h2-4,6-8,10,18,21,23-25H,5,9,11-16H2,1H3,(H2,33,39)(H2,34,40)(H,35,41)(H,36,43)(H,37,42)/t21-,23-,24-,25-/m0/s1. The molecule has 0 spiro atoms. The van der Waals surface area contributed by atoms with Crippen molar-refractivity contribution in [3.63, 3.8) is 0 Å². The van der Waals surface area contributed by atoms with Gasteiger partial charge in [-0.3, -0.25) is 24.0 Å². The summed E-state index contributed by atoms with van der Waals surface area (Å²) >= 11 is 0. The predicted molar refractivity (Wildman–Crippen MR) is 161 cm³/mol. The van der Waals surface area contributed by atoms with Crippen LogP contribution in [0.5, 0.6) is 0 Å². The number of benzene rings is 2. The summed E-state index contributed by atoms with van der Waals surface area (Å²) in [4.78, 5) is 64.7. The lowest BCUT2D eigenvalue weighted by Gasteiger charge is -2.27. The van der Waals surface area contributed by atoms with E-state index in [0.29, 0.717) is 19.4 Å². The fraction of sp³-hybridized carbons (Fsp3) is 0.438. The number of aryl methyl sites for hydroxylation is 1. The first-order valence-corrected chi connectivity index (χ1v) is 15.0. The largest absolute Gasteiger partial charge is 0.368 e. The Labute approximate surface area is 254 Å². The van der Waals surface area contributed by atoms with Gasteiger partial charge in [-0.15, -0.1) is 0 Å². The second kappa shape index (κ2) is 13.3. The van der Waals surface area contributed by atoms with E-state index in [1.165, 1.54) is 0 Å². The van der Waals surface area contributed by atoms with Gasteiger partial charge >= 0.3 is 0 Å². The van der Waals surface area contributed by atoms with Crippen LogP contribution >= 0.6 is 0 Å². The molecule has 4 atom stereocenters. The molecule has 44 heavy (non-hydrogen) atoms. The molecule has 1 aliphatic carbocycles. The molecular formula is C32H38N6O6. The number of piperidine rings is 1. The van der Waals surface area contributed by atoms with Gasteiger partial charge in [0.2, 0.25) is 23.6 Å². The molecule has 0 bridgehead atoms. The van der Waals surface area contributed by atoms with Crippen LogP contribution in [0.1, 0.15) is 71.8 Å². The Morgan fingerprint density at radius 2 is 1.70 bits per heavy atom. The highest BCUT2D eigenvalue weighted by atomic mass is 16.5. The maximum absolute atomic E-state index is 14.1. The molecule has 5 amide bonds. The molecule has 12 heteroatoms. The minimum Gasteiger partial charge on any atom is -0.368 e. The summed E-state index contributed by atoms with van der Waals surface area (Å²) in [7, 11) is 0. The second-order valence-corrected chi connectivity index (χ2v) is 11.8. The molecule has 232 valence electrons. The lowest BCUT2D eigenvalue weighted by molar-refractivity contribution is -0.133. The first kappa shape index (κ1) is 30.7. The lowest BCUT2D eigenvalue weighted by atomic mass is 9.87. The van der Waals surface area contributed by atoms with Gasteiger partial charge in [0.1, 0.15) is 17.8 Å². The fourth-order valence-corrected chi connectivity index (χ4v) is 6.04. The SMILES string of the molecule is Cc1onc(C(N)=O)c1[C@H](Cc1cccc2ccccc12)C(=O)N[C@@H](CC1CC1)C(=O)N[C@@H](C[C@@H]1CCCNC1=O)C(N)=O. The first-order chi connectivity index (χ1) is 21.1. The normalized spacial score (nSPS) is 18.6. The molecule has 7 N–H and O–H groups in total. The van der Waals surface area contributed by atoms with Gasteiger partial charge in [-0.1, -0.05) is 60.5 Å². The van der Waals surface area contributed by atoms with Crippen molar-refractivity contribution in [2.75, 3.05) is 6.54 Å². The smallest absolute Gasteiger partial charge is 0.271 e. The average Bonchev–Trinajstić information content (AvgIpc) is 3.74. The van der Waals surface area contributed by atoms with Crippen LogP contribution in [-0.4, -0.2) is 53.3 Å². The van der Waals surface area contributed by atoms with E-state index in [0.717, 1.165) is 35.6 Å². The van der Waals surface area contributed by atoms with E-state index in [1.807, 2.05) is 42.5 Å². The zero-order chi connectivity index (χ0) is 31.4. The van der Waals surface area contributed by atoms with Crippen molar-refractivity contribution < 1.29 is 28.5 Å². The molecule has 2 fully saturated rings. The van der Waals surface area contributed by atoms with Crippen LogP contribution in [0, 0.1) is 18.8 Å². The third kappa shape index (κ3) is 7.07. The predicted octanol–water partition coefficient (Wildman–Crippen LogP) is 1.73. The highest BCUT2D eigenvalue weighted by molar-refractivity contribution is 5.98. The molecule has 1 aliphatic heterocycles. The molecule has 1 aromatic heterocycles. The number of nitrogens with two attached hydrogens (primary N) is 2. The Bertz CT molecular complexity index is 1570. The number of carbonyl (C=O) groups excluding carboxylic acids is 5. The number of nitrogens with zero attached hydrogens (tertiary/aromatic N) is 1. The molecule has 5 rings (SSSR count). The number of amides is 5. The van der Waals surface area contributed by atoms with E-state index in [9.17, 15) is 24.0 Å². The molecule has 12 nitrogen and oxygen atoms in total.